The highest BCUT2D eigenvalue weighted by molar-refractivity contribution is 5.85. The van der Waals surface area contributed by atoms with Gasteiger partial charge in [0.05, 0.1) is 5.69 Å². The molecule has 0 N–H and O–H groups in total. The molecule has 1 fully saturated rings. The Morgan fingerprint density at radius 3 is 2.73 bits per heavy atom. The van der Waals surface area contributed by atoms with Gasteiger partial charge in [-0.1, -0.05) is 37.0 Å². The highest BCUT2D eigenvalue weighted by Gasteiger charge is 2.37. The van der Waals surface area contributed by atoms with Gasteiger partial charge in [-0.3, -0.25) is 4.99 Å². The van der Waals surface area contributed by atoms with E-state index in [4.69, 9.17) is 0 Å². The standard InChI is InChI=1S/C14H17N/c1-11-5-6-13-12(9-11)14(10-15-13)7-3-2-4-8-14/h5-6,9-10H,2-4,7-8H2,1H3. The molecule has 1 nitrogen and oxygen atoms in total. The van der Waals surface area contributed by atoms with Crippen molar-refractivity contribution >= 4 is 11.9 Å². The first kappa shape index (κ1) is 9.14. The summed E-state index contributed by atoms with van der Waals surface area (Å²) in [5.74, 6) is 0. The summed E-state index contributed by atoms with van der Waals surface area (Å²) in [6.45, 7) is 2.18. The van der Waals surface area contributed by atoms with Crippen LogP contribution in [0, 0.1) is 6.92 Å². The van der Waals surface area contributed by atoms with E-state index in [0.717, 1.165) is 0 Å². The molecule has 1 aliphatic heterocycles. The summed E-state index contributed by atoms with van der Waals surface area (Å²) >= 11 is 0. The minimum absolute atomic E-state index is 0.305. The number of hydrogen-bond donors (Lipinski definition) is 0. The van der Waals surface area contributed by atoms with Gasteiger partial charge in [-0.25, -0.2) is 0 Å². The van der Waals surface area contributed by atoms with Crippen LogP contribution in [-0.2, 0) is 5.41 Å². The van der Waals surface area contributed by atoms with E-state index in [1.165, 1.54) is 48.9 Å². The van der Waals surface area contributed by atoms with E-state index in [0.29, 0.717) is 5.41 Å². The quantitative estimate of drug-likeness (QED) is 0.600. The Hall–Kier alpha value is -1.11. The summed E-state index contributed by atoms with van der Waals surface area (Å²) < 4.78 is 0. The third-order valence-corrected chi connectivity index (χ3v) is 3.88. The van der Waals surface area contributed by atoms with Gasteiger partial charge in [-0.15, -0.1) is 0 Å². The van der Waals surface area contributed by atoms with Crippen LogP contribution in [0.4, 0.5) is 5.69 Å². The maximum absolute atomic E-state index is 4.59. The molecule has 1 aliphatic carbocycles. The van der Waals surface area contributed by atoms with E-state index in [1.54, 1.807) is 0 Å². The number of nitrogens with zero attached hydrogens (tertiary/aromatic N) is 1. The second-order valence-electron chi connectivity index (χ2n) is 5.00. The fraction of sp³-hybridized carbons (Fsp3) is 0.500. The number of rotatable bonds is 0. The minimum atomic E-state index is 0.305. The number of hydrogen-bond acceptors (Lipinski definition) is 1. The first-order valence-corrected chi connectivity index (χ1v) is 5.97. The van der Waals surface area contributed by atoms with Gasteiger partial charge < -0.3 is 0 Å². The number of fused-ring (bicyclic) bond motifs is 2. The van der Waals surface area contributed by atoms with Gasteiger partial charge in [0, 0.05) is 11.6 Å². The van der Waals surface area contributed by atoms with Gasteiger partial charge in [0.1, 0.15) is 0 Å². The monoisotopic (exact) mass is 199 g/mol. The van der Waals surface area contributed by atoms with Crippen molar-refractivity contribution in [3.63, 3.8) is 0 Å². The predicted molar refractivity (Wildman–Crippen MR) is 64.1 cm³/mol. The smallest absolute Gasteiger partial charge is 0.0667 e. The van der Waals surface area contributed by atoms with Crippen LogP contribution in [0.3, 0.4) is 0 Å². The van der Waals surface area contributed by atoms with E-state index < -0.39 is 0 Å². The summed E-state index contributed by atoms with van der Waals surface area (Å²) in [7, 11) is 0. The Morgan fingerprint density at radius 1 is 1.13 bits per heavy atom. The van der Waals surface area contributed by atoms with Crippen LogP contribution in [0.5, 0.6) is 0 Å². The van der Waals surface area contributed by atoms with Crippen molar-refractivity contribution in [1.82, 2.24) is 0 Å². The summed E-state index contributed by atoms with van der Waals surface area (Å²) in [6.07, 6.45) is 8.94. The first-order valence-electron chi connectivity index (χ1n) is 5.97. The van der Waals surface area contributed by atoms with Crippen molar-refractivity contribution in [2.75, 3.05) is 0 Å². The van der Waals surface area contributed by atoms with Gasteiger partial charge in [0.2, 0.25) is 0 Å². The summed E-state index contributed by atoms with van der Waals surface area (Å²) in [6, 6.07) is 6.68. The average molecular weight is 199 g/mol. The molecular weight excluding hydrogens is 182 g/mol. The van der Waals surface area contributed by atoms with Crippen LogP contribution in [0.25, 0.3) is 0 Å². The van der Waals surface area contributed by atoms with Gasteiger partial charge in [-0.05, 0) is 31.4 Å². The molecule has 0 unspecified atom stereocenters. The summed E-state index contributed by atoms with van der Waals surface area (Å²) in [4.78, 5) is 4.59. The lowest BCUT2D eigenvalue weighted by atomic mass is 9.71. The van der Waals surface area contributed by atoms with Crippen LogP contribution in [0.15, 0.2) is 23.2 Å². The van der Waals surface area contributed by atoms with E-state index in [9.17, 15) is 0 Å². The lowest BCUT2D eigenvalue weighted by Crippen LogP contribution is -2.28. The van der Waals surface area contributed by atoms with Crippen molar-refractivity contribution in [2.45, 2.75) is 44.4 Å². The number of aryl methyl sites for hydroxylation is 1. The molecule has 0 atom stereocenters. The molecule has 0 saturated heterocycles. The Bertz CT molecular complexity index is 411. The number of benzene rings is 1. The molecule has 0 amide bonds. The zero-order valence-electron chi connectivity index (χ0n) is 9.29. The molecule has 0 bridgehead atoms. The zero-order chi connectivity index (χ0) is 10.3. The molecule has 0 radical (unpaired) electrons. The summed E-state index contributed by atoms with van der Waals surface area (Å²) in [5.41, 5.74) is 4.37. The van der Waals surface area contributed by atoms with E-state index in [-0.39, 0.29) is 0 Å². The average Bonchev–Trinajstić information content (AvgIpc) is 2.59. The van der Waals surface area contributed by atoms with Gasteiger partial charge in [0.15, 0.2) is 0 Å². The normalized spacial score (nSPS) is 21.9. The molecule has 3 rings (SSSR count). The molecular formula is C14H17N. The van der Waals surface area contributed by atoms with Crippen LogP contribution in [0.2, 0.25) is 0 Å². The summed E-state index contributed by atoms with van der Waals surface area (Å²) in [5, 5.41) is 0. The highest BCUT2D eigenvalue weighted by Crippen LogP contribution is 2.46. The molecule has 0 aromatic heterocycles. The minimum Gasteiger partial charge on any atom is -0.260 e. The van der Waals surface area contributed by atoms with Crippen molar-refractivity contribution in [2.24, 2.45) is 4.99 Å². The van der Waals surface area contributed by atoms with E-state index in [2.05, 4.69) is 36.3 Å². The Morgan fingerprint density at radius 2 is 1.93 bits per heavy atom. The van der Waals surface area contributed by atoms with E-state index >= 15 is 0 Å². The van der Waals surface area contributed by atoms with Crippen LogP contribution in [-0.4, -0.2) is 6.21 Å². The topological polar surface area (TPSA) is 12.4 Å². The number of aliphatic imine (C=N–C) groups is 1. The molecule has 1 heterocycles. The molecule has 78 valence electrons. The maximum Gasteiger partial charge on any atom is 0.0667 e. The molecule has 1 aromatic carbocycles. The van der Waals surface area contributed by atoms with Crippen LogP contribution in [0.1, 0.15) is 43.2 Å². The maximum atomic E-state index is 4.59. The molecule has 1 spiro atoms. The van der Waals surface area contributed by atoms with Gasteiger partial charge in [-0.2, -0.15) is 0 Å². The van der Waals surface area contributed by atoms with Crippen molar-refractivity contribution in [3.05, 3.63) is 29.3 Å². The highest BCUT2D eigenvalue weighted by atomic mass is 14.8. The zero-order valence-corrected chi connectivity index (χ0v) is 9.29. The lowest BCUT2D eigenvalue weighted by molar-refractivity contribution is 0.391. The van der Waals surface area contributed by atoms with Gasteiger partial charge >= 0.3 is 0 Å². The molecule has 15 heavy (non-hydrogen) atoms. The van der Waals surface area contributed by atoms with E-state index in [1.807, 2.05) is 0 Å². The van der Waals surface area contributed by atoms with Crippen molar-refractivity contribution in [3.8, 4) is 0 Å². The molecule has 2 aliphatic rings. The predicted octanol–water partition coefficient (Wildman–Crippen LogP) is 3.91. The Kier molecular flexibility index (Phi) is 1.95. The first-order chi connectivity index (χ1) is 7.30. The second kappa shape index (κ2) is 3.19. The van der Waals surface area contributed by atoms with Crippen molar-refractivity contribution < 1.29 is 0 Å². The molecule has 1 heteroatoms. The van der Waals surface area contributed by atoms with Gasteiger partial charge in [0.25, 0.3) is 0 Å². The fourth-order valence-corrected chi connectivity index (χ4v) is 3.01. The molecule has 1 aromatic rings. The lowest BCUT2D eigenvalue weighted by Gasteiger charge is -2.31. The van der Waals surface area contributed by atoms with Crippen molar-refractivity contribution in [1.29, 1.82) is 0 Å². The largest absolute Gasteiger partial charge is 0.260 e. The second-order valence-corrected chi connectivity index (χ2v) is 5.00. The molecule has 1 saturated carbocycles. The Balaban J connectivity index is 2.09. The Labute approximate surface area is 91.2 Å². The van der Waals surface area contributed by atoms with Crippen LogP contribution < -0.4 is 0 Å². The van der Waals surface area contributed by atoms with Crippen LogP contribution >= 0.6 is 0 Å². The third-order valence-electron chi connectivity index (χ3n) is 3.88. The fourth-order valence-electron chi connectivity index (χ4n) is 3.01. The SMILES string of the molecule is Cc1ccc2c(c1)C1(C=N2)CCCCC1. The third kappa shape index (κ3) is 1.33.